The van der Waals surface area contributed by atoms with E-state index in [4.69, 9.17) is 14.6 Å². The molecule has 1 amide bonds. The van der Waals surface area contributed by atoms with Gasteiger partial charge in [0, 0.05) is 13.0 Å². The van der Waals surface area contributed by atoms with E-state index in [1.807, 2.05) is 6.07 Å². The number of amides is 1. The molecule has 2 rings (SSSR count). The highest BCUT2D eigenvalue weighted by atomic mass is 32.1. The number of carbonyl (C=O) groups excluding carboxylic acids is 1. The predicted molar refractivity (Wildman–Crippen MR) is 75.8 cm³/mol. The van der Waals surface area contributed by atoms with E-state index in [1.165, 1.54) is 11.3 Å². The molecule has 6 heteroatoms. The summed E-state index contributed by atoms with van der Waals surface area (Å²) < 4.78 is 10.7. The van der Waals surface area contributed by atoms with Crippen LogP contribution < -0.4 is 5.32 Å². The summed E-state index contributed by atoms with van der Waals surface area (Å²) in [5, 5.41) is 11.5. The van der Waals surface area contributed by atoms with Gasteiger partial charge in [0.05, 0.1) is 42.3 Å². The number of hydrogen-bond donors (Lipinski definition) is 2. The van der Waals surface area contributed by atoms with Gasteiger partial charge in [-0.05, 0) is 12.1 Å². The van der Waals surface area contributed by atoms with Crippen LogP contribution >= 0.6 is 11.3 Å². The van der Waals surface area contributed by atoms with E-state index < -0.39 is 0 Å². The van der Waals surface area contributed by atoms with Gasteiger partial charge >= 0.3 is 0 Å². The molecule has 5 nitrogen and oxygen atoms in total. The number of ether oxygens (including phenoxy) is 2. The van der Waals surface area contributed by atoms with Gasteiger partial charge in [-0.15, -0.1) is 11.3 Å². The Bertz CT molecular complexity index is 497. The molecule has 1 atom stereocenters. The largest absolute Gasteiger partial charge is 0.395 e. The van der Waals surface area contributed by atoms with Gasteiger partial charge in [0.15, 0.2) is 0 Å². The van der Waals surface area contributed by atoms with Gasteiger partial charge in [0.25, 0.3) is 5.91 Å². The van der Waals surface area contributed by atoms with E-state index in [0.29, 0.717) is 37.7 Å². The summed E-state index contributed by atoms with van der Waals surface area (Å²) in [6.45, 7) is 2.20. The molecule has 0 radical (unpaired) electrons. The van der Waals surface area contributed by atoms with Crippen molar-refractivity contribution in [3.8, 4) is 11.8 Å². The molecule has 108 valence electrons. The molecule has 20 heavy (non-hydrogen) atoms. The minimum atomic E-state index is -0.126. The van der Waals surface area contributed by atoms with Gasteiger partial charge in [0.1, 0.15) is 0 Å². The molecule has 2 heterocycles. The molecule has 1 aromatic rings. The Morgan fingerprint density at radius 3 is 3.15 bits per heavy atom. The van der Waals surface area contributed by atoms with Crippen LogP contribution in [0.2, 0.25) is 0 Å². The Balaban J connectivity index is 1.81. The lowest BCUT2D eigenvalue weighted by atomic mass is 10.3. The molecule has 1 fully saturated rings. The summed E-state index contributed by atoms with van der Waals surface area (Å²) in [7, 11) is 0. The molecule has 1 aromatic heterocycles. The molecule has 0 bridgehead atoms. The normalized spacial score (nSPS) is 18.1. The molecule has 0 aliphatic carbocycles. The number of thiophene rings is 1. The molecule has 2 N–H and O–H groups in total. The zero-order valence-corrected chi connectivity index (χ0v) is 11.9. The van der Waals surface area contributed by atoms with Crippen LogP contribution in [-0.4, -0.2) is 50.1 Å². The fourth-order valence-corrected chi connectivity index (χ4v) is 2.48. The van der Waals surface area contributed by atoms with Gasteiger partial charge in [-0.2, -0.15) is 0 Å². The number of rotatable bonds is 4. The van der Waals surface area contributed by atoms with Crippen LogP contribution in [0.15, 0.2) is 12.1 Å². The minimum absolute atomic E-state index is 0.0508. The Morgan fingerprint density at radius 1 is 1.50 bits per heavy atom. The maximum atomic E-state index is 11.9. The monoisotopic (exact) mass is 295 g/mol. The first-order valence-electron chi connectivity index (χ1n) is 6.46. The molecular formula is C14H17NO4S. The first-order valence-corrected chi connectivity index (χ1v) is 7.28. The van der Waals surface area contributed by atoms with Gasteiger partial charge in [-0.3, -0.25) is 4.79 Å². The van der Waals surface area contributed by atoms with Crippen molar-refractivity contribution in [2.45, 2.75) is 12.5 Å². The number of hydrogen-bond acceptors (Lipinski definition) is 5. The van der Waals surface area contributed by atoms with Crippen LogP contribution in [0.5, 0.6) is 0 Å². The summed E-state index contributed by atoms with van der Waals surface area (Å²) >= 11 is 1.34. The van der Waals surface area contributed by atoms with E-state index >= 15 is 0 Å². The third-order valence-electron chi connectivity index (χ3n) is 2.65. The highest BCUT2D eigenvalue weighted by Gasteiger charge is 2.16. The van der Waals surface area contributed by atoms with Crippen molar-refractivity contribution in [1.82, 2.24) is 5.32 Å². The lowest BCUT2D eigenvalue weighted by molar-refractivity contribution is -0.0855. The number of aliphatic hydroxyl groups excluding tert-OH is 1. The average Bonchev–Trinajstić information content (AvgIpc) is 2.95. The molecule has 0 aromatic carbocycles. The molecular weight excluding hydrogens is 278 g/mol. The highest BCUT2D eigenvalue weighted by Crippen LogP contribution is 2.15. The maximum absolute atomic E-state index is 11.9. The van der Waals surface area contributed by atoms with Crippen molar-refractivity contribution >= 4 is 17.2 Å². The Morgan fingerprint density at radius 2 is 2.40 bits per heavy atom. The second-order valence-electron chi connectivity index (χ2n) is 4.22. The van der Waals surface area contributed by atoms with E-state index in [2.05, 4.69) is 17.2 Å². The zero-order valence-electron chi connectivity index (χ0n) is 11.1. The third-order valence-corrected chi connectivity index (χ3v) is 3.65. The number of carbonyl (C=O) groups is 1. The molecule has 1 aliphatic heterocycles. The first-order chi connectivity index (χ1) is 9.79. The number of nitrogens with one attached hydrogen (secondary N) is 1. The zero-order chi connectivity index (χ0) is 14.2. The summed E-state index contributed by atoms with van der Waals surface area (Å²) in [4.78, 5) is 13.4. The van der Waals surface area contributed by atoms with Crippen LogP contribution in [0.3, 0.4) is 0 Å². The van der Waals surface area contributed by atoms with Crippen molar-refractivity contribution < 1.29 is 19.4 Å². The molecule has 1 unspecified atom stereocenters. The Labute approximate surface area is 121 Å². The molecule has 0 spiro atoms. The van der Waals surface area contributed by atoms with Crippen LogP contribution in [0, 0.1) is 11.8 Å². The Kier molecular flexibility index (Phi) is 6.02. The fraction of sp³-hybridized carbons (Fsp3) is 0.500. The Hall–Kier alpha value is -1.39. The molecule has 1 aliphatic rings. The van der Waals surface area contributed by atoms with Crippen LogP contribution in [0.4, 0.5) is 0 Å². The molecule has 0 saturated carbocycles. The highest BCUT2D eigenvalue weighted by molar-refractivity contribution is 7.14. The summed E-state index contributed by atoms with van der Waals surface area (Å²) in [6, 6.07) is 3.56. The standard InChI is InChI=1S/C14H17NO4S/c16-6-2-1-3-12-4-5-13(20-12)14(17)15-9-11-10-18-7-8-19-11/h4-5,11,16H,2,6-10H2,(H,15,17). The lowest BCUT2D eigenvalue weighted by Crippen LogP contribution is -2.39. The van der Waals surface area contributed by atoms with Gasteiger partial charge in [0.2, 0.25) is 0 Å². The third kappa shape index (κ3) is 4.62. The second kappa shape index (κ2) is 8.02. The van der Waals surface area contributed by atoms with Crippen LogP contribution in [0.1, 0.15) is 21.0 Å². The van der Waals surface area contributed by atoms with Gasteiger partial charge in [-0.25, -0.2) is 0 Å². The summed E-state index contributed by atoms with van der Waals surface area (Å²) in [5.74, 6) is 5.61. The summed E-state index contributed by atoms with van der Waals surface area (Å²) in [6.07, 6.45) is 0.370. The second-order valence-corrected chi connectivity index (χ2v) is 5.30. The SMILES string of the molecule is O=C(NCC1COCCO1)c1ccc(C#CCCO)s1. The number of aliphatic hydroxyl groups is 1. The van der Waals surface area contributed by atoms with E-state index in [1.54, 1.807) is 6.07 Å². The van der Waals surface area contributed by atoms with E-state index in [9.17, 15) is 4.79 Å². The minimum Gasteiger partial charge on any atom is -0.395 e. The quantitative estimate of drug-likeness (QED) is 0.800. The van der Waals surface area contributed by atoms with Crippen molar-refractivity contribution in [2.24, 2.45) is 0 Å². The van der Waals surface area contributed by atoms with Gasteiger partial charge in [-0.1, -0.05) is 11.8 Å². The first kappa shape index (κ1) is 15.0. The van der Waals surface area contributed by atoms with Crippen molar-refractivity contribution in [2.75, 3.05) is 33.0 Å². The van der Waals surface area contributed by atoms with Crippen molar-refractivity contribution in [3.05, 3.63) is 21.9 Å². The van der Waals surface area contributed by atoms with E-state index in [-0.39, 0.29) is 18.6 Å². The topological polar surface area (TPSA) is 67.8 Å². The molecule has 1 saturated heterocycles. The van der Waals surface area contributed by atoms with Gasteiger partial charge < -0.3 is 19.9 Å². The van der Waals surface area contributed by atoms with Crippen molar-refractivity contribution in [1.29, 1.82) is 0 Å². The average molecular weight is 295 g/mol. The van der Waals surface area contributed by atoms with Crippen LogP contribution in [-0.2, 0) is 9.47 Å². The maximum Gasteiger partial charge on any atom is 0.261 e. The predicted octanol–water partition coefficient (Wildman–Crippen LogP) is 0.627. The van der Waals surface area contributed by atoms with E-state index in [0.717, 1.165) is 4.88 Å². The lowest BCUT2D eigenvalue weighted by Gasteiger charge is -2.22. The van der Waals surface area contributed by atoms with Crippen molar-refractivity contribution in [3.63, 3.8) is 0 Å². The smallest absolute Gasteiger partial charge is 0.261 e. The van der Waals surface area contributed by atoms with Crippen LogP contribution in [0.25, 0.3) is 0 Å². The fourth-order valence-electron chi connectivity index (χ4n) is 1.68. The summed E-state index contributed by atoms with van der Waals surface area (Å²) in [5.41, 5.74) is 0.